The van der Waals surface area contributed by atoms with Crippen LogP contribution in [0.1, 0.15) is 16.8 Å². The topological polar surface area (TPSA) is 49.4 Å². The largest absolute Gasteiger partial charge is 0.345 e. The first-order valence-corrected chi connectivity index (χ1v) is 6.34. The SMILES string of the molecule is CN(C)C(=O)c1cccc(NC(=O)CCBr)c1. The second-order valence-electron chi connectivity index (χ2n) is 3.77. The van der Waals surface area contributed by atoms with Crippen LogP contribution >= 0.6 is 15.9 Å². The van der Waals surface area contributed by atoms with Crippen molar-refractivity contribution in [3.05, 3.63) is 29.8 Å². The summed E-state index contributed by atoms with van der Waals surface area (Å²) in [5, 5.41) is 3.36. The minimum atomic E-state index is -0.0819. The lowest BCUT2D eigenvalue weighted by atomic mass is 10.2. The van der Waals surface area contributed by atoms with Crippen LogP contribution in [-0.4, -0.2) is 36.1 Å². The quantitative estimate of drug-likeness (QED) is 0.866. The maximum atomic E-state index is 11.7. The van der Waals surface area contributed by atoms with Gasteiger partial charge in [0.2, 0.25) is 5.91 Å². The molecular weight excluding hydrogens is 284 g/mol. The van der Waals surface area contributed by atoms with Gasteiger partial charge in [0.15, 0.2) is 0 Å². The van der Waals surface area contributed by atoms with Gasteiger partial charge in [-0.3, -0.25) is 9.59 Å². The van der Waals surface area contributed by atoms with E-state index in [1.807, 2.05) is 0 Å². The molecule has 0 heterocycles. The molecule has 0 atom stereocenters. The number of carbonyl (C=O) groups is 2. The number of alkyl halides is 1. The lowest BCUT2D eigenvalue weighted by Gasteiger charge is -2.11. The smallest absolute Gasteiger partial charge is 0.253 e. The summed E-state index contributed by atoms with van der Waals surface area (Å²) in [6.07, 6.45) is 0.409. The molecule has 1 aromatic carbocycles. The van der Waals surface area contributed by atoms with E-state index in [4.69, 9.17) is 0 Å². The van der Waals surface area contributed by atoms with E-state index in [0.29, 0.717) is 23.0 Å². The number of carbonyl (C=O) groups excluding carboxylic acids is 2. The Morgan fingerprint density at radius 3 is 2.65 bits per heavy atom. The minimum Gasteiger partial charge on any atom is -0.345 e. The van der Waals surface area contributed by atoms with Gasteiger partial charge in [-0.1, -0.05) is 22.0 Å². The minimum absolute atomic E-state index is 0.0728. The molecule has 0 unspecified atom stereocenters. The summed E-state index contributed by atoms with van der Waals surface area (Å²) in [7, 11) is 3.39. The van der Waals surface area contributed by atoms with Gasteiger partial charge >= 0.3 is 0 Å². The molecule has 1 N–H and O–H groups in total. The Kier molecular flexibility index (Phi) is 5.15. The van der Waals surface area contributed by atoms with Gasteiger partial charge in [0.1, 0.15) is 0 Å². The third-order valence-electron chi connectivity index (χ3n) is 2.12. The van der Waals surface area contributed by atoms with Gasteiger partial charge in [-0.15, -0.1) is 0 Å². The molecule has 0 aliphatic rings. The zero-order chi connectivity index (χ0) is 12.8. The molecule has 0 radical (unpaired) electrons. The first-order chi connectivity index (χ1) is 8.04. The van der Waals surface area contributed by atoms with Gasteiger partial charge in [-0.25, -0.2) is 0 Å². The van der Waals surface area contributed by atoms with E-state index in [1.54, 1.807) is 38.4 Å². The van der Waals surface area contributed by atoms with Crippen LogP contribution in [0.25, 0.3) is 0 Å². The number of nitrogens with one attached hydrogen (secondary N) is 1. The summed E-state index contributed by atoms with van der Waals surface area (Å²) in [6, 6.07) is 6.91. The van der Waals surface area contributed by atoms with Gasteiger partial charge < -0.3 is 10.2 Å². The lowest BCUT2D eigenvalue weighted by molar-refractivity contribution is -0.115. The Balaban J connectivity index is 2.79. The first-order valence-electron chi connectivity index (χ1n) is 5.22. The standard InChI is InChI=1S/C12H15BrN2O2/c1-15(2)12(17)9-4-3-5-10(8-9)14-11(16)6-7-13/h3-5,8H,6-7H2,1-2H3,(H,14,16). The molecule has 2 amide bonds. The van der Waals surface area contributed by atoms with Crippen molar-refractivity contribution < 1.29 is 9.59 Å². The highest BCUT2D eigenvalue weighted by molar-refractivity contribution is 9.09. The zero-order valence-corrected chi connectivity index (χ0v) is 11.5. The molecule has 0 saturated heterocycles. The third-order valence-corrected chi connectivity index (χ3v) is 2.52. The normalized spacial score (nSPS) is 9.82. The van der Waals surface area contributed by atoms with Crippen LogP contribution in [0.15, 0.2) is 24.3 Å². The molecule has 0 spiro atoms. The van der Waals surface area contributed by atoms with Crippen molar-refractivity contribution in [2.75, 3.05) is 24.7 Å². The van der Waals surface area contributed by atoms with Crippen molar-refractivity contribution in [3.8, 4) is 0 Å². The number of amides is 2. The highest BCUT2D eigenvalue weighted by Gasteiger charge is 2.09. The van der Waals surface area contributed by atoms with Gasteiger partial charge in [0.25, 0.3) is 5.91 Å². The molecule has 1 rings (SSSR count). The summed E-state index contributed by atoms with van der Waals surface area (Å²) < 4.78 is 0. The second-order valence-corrected chi connectivity index (χ2v) is 4.56. The number of benzene rings is 1. The van der Waals surface area contributed by atoms with Crippen molar-refractivity contribution in [3.63, 3.8) is 0 Å². The zero-order valence-electron chi connectivity index (χ0n) is 9.87. The van der Waals surface area contributed by atoms with Crippen molar-refractivity contribution in [2.45, 2.75) is 6.42 Å². The number of hydrogen-bond acceptors (Lipinski definition) is 2. The number of hydrogen-bond donors (Lipinski definition) is 1. The fourth-order valence-electron chi connectivity index (χ4n) is 1.30. The van der Waals surface area contributed by atoms with Crippen LogP contribution in [0, 0.1) is 0 Å². The lowest BCUT2D eigenvalue weighted by Crippen LogP contribution is -2.21. The summed E-state index contributed by atoms with van der Waals surface area (Å²) >= 11 is 3.20. The van der Waals surface area contributed by atoms with Crippen LogP contribution < -0.4 is 5.32 Å². The van der Waals surface area contributed by atoms with E-state index >= 15 is 0 Å². The van der Waals surface area contributed by atoms with E-state index in [1.165, 1.54) is 4.90 Å². The molecule has 0 bridgehead atoms. The Hall–Kier alpha value is -1.36. The summed E-state index contributed by atoms with van der Waals surface area (Å²) in [5.74, 6) is -0.155. The number of anilines is 1. The Morgan fingerprint density at radius 2 is 2.06 bits per heavy atom. The molecule has 0 aliphatic heterocycles. The van der Waals surface area contributed by atoms with E-state index in [2.05, 4.69) is 21.2 Å². The fourth-order valence-corrected chi connectivity index (χ4v) is 1.66. The maximum absolute atomic E-state index is 11.7. The first kappa shape index (κ1) is 13.7. The van der Waals surface area contributed by atoms with Gasteiger partial charge in [0, 0.05) is 37.1 Å². The Labute approximate surface area is 109 Å². The molecule has 0 saturated carbocycles. The Bertz CT molecular complexity index is 419. The average Bonchev–Trinajstić information content (AvgIpc) is 2.28. The maximum Gasteiger partial charge on any atom is 0.253 e. The van der Waals surface area contributed by atoms with Crippen LogP contribution in [0.5, 0.6) is 0 Å². The van der Waals surface area contributed by atoms with E-state index in [-0.39, 0.29) is 11.8 Å². The van der Waals surface area contributed by atoms with Crippen LogP contribution in [0.3, 0.4) is 0 Å². The van der Waals surface area contributed by atoms with Gasteiger partial charge in [-0.05, 0) is 18.2 Å². The Morgan fingerprint density at radius 1 is 1.35 bits per heavy atom. The van der Waals surface area contributed by atoms with E-state index in [9.17, 15) is 9.59 Å². The number of rotatable bonds is 4. The highest BCUT2D eigenvalue weighted by Crippen LogP contribution is 2.12. The van der Waals surface area contributed by atoms with Crippen LogP contribution in [0.4, 0.5) is 5.69 Å². The predicted molar refractivity (Wildman–Crippen MR) is 71.5 cm³/mol. The van der Waals surface area contributed by atoms with Crippen LogP contribution in [-0.2, 0) is 4.79 Å². The molecule has 0 aromatic heterocycles. The van der Waals surface area contributed by atoms with Crippen LogP contribution in [0.2, 0.25) is 0 Å². The number of nitrogens with zero attached hydrogens (tertiary/aromatic N) is 1. The molecule has 92 valence electrons. The number of halogens is 1. The van der Waals surface area contributed by atoms with Crippen molar-refractivity contribution in [2.24, 2.45) is 0 Å². The molecule has 17 heavy (non-hydrogen) atoms. The van der Waals surface area contributed by atoms with Crippen molar-refractivity contribution in [1.82, 2.24) is 4.90 Å². The van der Waals surface area contributed by atoms with Crippen molar-refractivity contribution in [1.29, 1.82) is 0 Å². The molecule has 4 nitrogen and oxygen atoms in total. The molecule has 1 aromatic rings. The predicted octanol–water partition coefficient (Wildman–Crippen LogP) is 2.11. The third kappa shape index (κ3) is 4.19. The van der Waals surface area contributed by atoms with Gasteiger partial charge in [-0.2, -0.15) is 0 Å². The average molecular weight is 299 g/mol. The summed E-state index contributed by atoms with van der Waals surface area (Å²) in [4.78, 5) is 24.6. The molecular formula is C12H15BrN2O2. The van der Waals surface area contributed by atoms with E-state index in [0.717, 1.165) is 0 Å². The van der Waals surface area contributed by atoms with Gasteiger partial charge in [0.05, 0.1) is 0 Å². The van der Waals surface area contributed by atoms with Crippen molar-refractivity contribution >= 4 is 33.4 Å². The molecule has 0 fully saturated rings. The molecule has 5 heteroatoms. The molecule has 0 aliphatic carbocycles. The fraction of sp³-hybridized carbons (Fsp3) is 0.333. The second kappa shape index (κ2) is 6.39. The summed E-state index contributed by atoms with van der Waals surface area (Å²) in [5.41, 5.74) is 1.20. The van der Waals surface area contributed by atoms with E-state index < -0.39 is 0 Å². The summed E-state index contributed by atoms with van der Waals surface area (Å²) in [6.45, 7) is 0. The highest BCUT2D eigenvalue weighted by atomic mass is 79.9. The monoisotopic (exact) mass is 298 g/mol.